The molecule has 3 aromatic rings. The fraction of sp³-hybridized carbons (Fsp3) is 0.200. The second kappa shape index (κ2) is 9.77. The fourth-order valence-corrected chi connectivity index (χ4v) is 3.89. The minimum absolute atomic E-state index is 0.0314. The molecule has 1 N–H and O–H groups in total. The van der Waals surface area contributed by atoms with Gasteiger partial charge in [-0.2, -0.15) is 0 Å². The van der Waals surface area contributed by atoms with Crippen LogP contribution in [0.5, 0.6) is 0 Å². The molecule has 1 amide bonds. The molecule has 31 heavy (non-hydrogen) atoms. The SMILES string of the molecule is O=C(CN1CCN(c2cccc(Cl)c2)CC1)Nc1ccc(C(=O)c2ccccc2)cc1. The maximum Gasteiger partial charge on any atom is 0.238 e. The molecule has 0 spiro atoms. The average Bonchev–Trinajstić information content (AvgIpc) is 2.80. The molecule has 0 radical (unpaired) electrons. The number of rotatable bonds is 6. The molecule has 0 unspecified atom stereocenters. The van der Waals surface area contributed by atoms with E-state index in [1.807, 2.05) is 36.4 Å². The first kappa shape index (κ1) is 21.1. The maximum absolute atomic E-state index is 12.5. The second-order valence-corrected chi connectivity index (χ2v) is 8.00. The van der Waals surface area contributed by atoms with Gasteiger partial charge in [0.25, 0.3) is 0 Å². The summed E-state index contributed by atoms with van der Waals surface area (Å²) in [6.45, 7) is 3.66. The van der Waals surface area contributed by atoms with Gasteiger partial charge in [-0.05, 0) is 42.5 Å². The Hall–Kier alpha value is -3.15. The Morgan fingerprint density at radius 3 is 2.16 bits per heavy atom. The minimum Gasteiger partial charge on any atom is -0.369 e. The largest absolute Gasteiger partial charge is 0.369 e. The van der Waals surface area contributed by atoms with Crippen LogP contribution in [-0.4, -0.2) is 49.3 Å². The molecular weight excluding hydrogens is 410 g/mol. The van der Waals surface area contributed by atoms with Crippen LogP contribution in [0.15, 0.2) is 78.9 Å². The van der Waals surface area contributed by atoms with Crippen LogP contribution < -0.4 is 10.2 Å². The predicted molar refractivity (Wildman–Crippen MR) is 125 cm³/mol. The molecule has 0 aromatic heterocycles. The summed E-state index contributed by atoms with van der Waals surface area (Å²) in [7, 11) is 0. The van der Waals surface area contributed by atoms with Crippen LogP contribution >= 0.6 is 11.6 Å². The van der Waals surface area contributed by atoms with Gasteiger partial charge in [0.1, 0.15) is 0 Å². The van der Waals surface area contributed by atoms with Crippen molar-refractivity contribution in [1.82, 2.24) is 4.90 Å². The number of anilines is 2. The number of piperazine rings is 1. The summed E-state index contributed by atoms with van der Waals surface area (Å²) < 4.78 is 0. The van der Waals surface area contributed by atoms with Gasteiger partial charge in [-0.25, -0.2) is 0 Å². The molecule has 5 nitrogen and oxygen atoms in total. The number of nitrogens with one attached hydrogen (secondary N) is 1. The maximum atomic E-state index is 12.5. The van der Waals surface area contributed by atoms with Crippen LogP contribution in [0.1, 0.15) is 15.9 Å². The zero-order valence-electron chi connectivity index (χ0n) is 17.1. The highest BCUT2D eigenvalue weighted by Gasteiger charge is 2.19. The number of hydrogen-bond acceptors (Lipinski definition) is 4. The Labute approximate surface area is 187 Å². The summed E-state index contributed by atoms with van der Waals surface area (Å²) in [6, 6.07) is 24.0. The summed E-state index contributed by atoms with van der Waals surface area (Å²) >= 11 is 6.09. The Morgan fingerprint density at radius 2 is 1.48 bits per heavy atom. The normalized spacial score (nSPS) is 14.3. The van der Waals surface area contributed by atoms with E-state index in [0.717, 1.165) is 36.9 Å². The van der Waals surface area contributed by atoms with Crippen molar-refractivity contribution in [3.05, 3.63) is 95.0 Å². The third kappa shape index (κ3) is 5.51. The van der Waals surface area contributed by atoms with E-state index >= 15 is 0 Å². The number of hydrogen-bond donors (Lipinski definition) is 1. The first-order valence-corrected chi connectivity index (χ1v) is 10.7. The van der Waals surface area contributed by atoms with Gasteiger partial charge >= 0.3 is 0 Å². The van der Waals surface area contributed by atoms with Crippen molar-refractivity contribution in [3.63, 3.8) is 0 Å². The number of carbonyl (C=O) groups excluding carboxylic acids is 2. The number of carbonyl (C=O) groups is 2. The lowest BCUT2D eigenvalue weighted by Gasteiger charge is -2.35. The summed E-state index contributed by atoms with van der Waals surface area (Å²) in [5.74, 6) is -0.0885. The smallest absolute Gasteiger partial charge is 0.238 e. The molecule has 3 aromatic carbocycles. The van der Waals surface area contributed by atoms with Crippen molar-refractivity contribution in [3.8, 4) is 0 Å². The topological polar surface area (TPSA) is 52.7 Å². The number of nitrogens with zero attached hydrogens (tertiary/aromatic N) is 2. The van der Waals surface area contributed by atoms with Crippen molar-refractivity contribution in [2.75, 3.05) is 42.9 Å². The van der Waals surface area contributed by atoms with Gasteiger partial charge < -0.3 is 10.2 Å². The highest BCUT2D eigenvalue weighted by Crippen LogP contribution is 2.21. The monoisotopic (exact) mass is 433 g/mol. The summed E-state index contributed by atoms with van der Waals surface area (Å²) in [4.78, 5) is 29.4. The number of ketones is 1. The summed E-state index contributed by atoms with van der Waals surface area (Å²) in [6.07, 6.45) is 0. The van der Waals surface area contributed by atoms with Crippen LogP contribution in [0.2, 0.25) is 5.02 Å². The lowest BCUT2D eigenvalue weighted by Crippen LogP contribution is -2.48. The van der Waals surface area contributed by atoms with E-state index in [9.17, 15) is 9.59 Å². The van der Waals surface area contributed by atoms with Crippen molar-refractivity contribution in [2.24, 2.45) is 0 Å². The molecular formula is C25H24ClN3O2. The number of halogens is 1. The van der Waals surface area contributed by atoms with Crippen molar-refractivity contribution in [1.29, 1.82) is 0 Å². The van der Waals surface area contributed by atoms with Crippen LogP contribution in [0, 0.1) is 0 Å². The van der Waals surface area contributed by atoms with E-state index < -0.39 is 0 Å². The first-order chi connectivity index (χ1) is 15.1. The Bertz CT molecular complexity index is 1050. The lowest BCUT2D eigenvalue weighted by molar-refractivity contribution is -0.117. The van der Waals surface area contributed by atoms with Gasteiger partial charge in [0.2, 0.25) is 5.91 Å². The Kier molecular flexibility index (Phi) is 6.65. The zero-order chi connectivity index (χ0) is 21.6. The number of amides is 1. The summed E-state index contributed by atoms with van der Waals surface area (Å²) in [5, 5.41) is 3.65. The summed E-state index contributed by atoms with van der Waals surface area (Å²) in [5.41, 5.74) is 3.05. The molecule has 1 aliphatic rings. The van der Waals surface area contributed by atoms with Crippen LogP contribution in [-0.2, 0) is 4.79 Å². The van der Waals surface area contributed by atoms with Crippen LogP contribution in [0.3, 0.4) is 0 Å². The lowest BCUT2D eigenvalue weighted by atomic mass is 10.0. The Morgan fingerprint density at radius 1 is 0.806 bits per heavy atom. The molecule has 1 heterocycles. The van der Waals surface area contributed by atoms with Crippen LogP contribution in [0.4, 0.5) is 11.4 Å². The molecule has 6 heteroatoms. The van der Waals surface area contributed by atoms with Crippen molar-refractivity contribution >= 4 is 34.7 Å². The molecule has 0 aliphatic carbocycles. The van der Waals surface area contributed by atoms with Gasteiger partial charge in [-0.1, -0.05) is 48.0 Å². The molecule has 1 aliphatic heterocycles. The quantitative estimate of drug-likeness (QED) is 0.588. The number of benzene rings is 3. The van der Waals surface area contributed by atoms with E-state index in [1.54, 1.807) is 36.4 Å². The van der Waals surface area contributed by atoms with Crippen molar-refractivity contribution in [2.45, 2.75) is 0 Å². The van der Waals surface area contributed by atoms with E-state index in [-0.39, 0.29) is 11.7 Å². The standard InChI is InChI=1S/C25H24ClN3O2/c26-21-7-4-8-23(17-21)29-15-13-28(14-16-29)18-24(30)27-22-11-9-20(10-12-22)25(31)19-5-2-1-3-6-19/h1-12,17H,13-16,18H2,(H,27,30). The minimum atomic E-state index is -0.0571. The third-order valence-corrected chi connectivity index (χ3v) is 5.61. The molecule has 158 valence electrons. The molecule has 0 bridgehead atoms. The van der Waals surface area contributed by atoms with Gasteiger partial charge in [-0.3, -0.25) is 14.5 Å². The van der Waals surface area contributed by atoms with E-state index in [4.69, 9.17) is 11.6 Å². The molecule has 0 atom stereocenters. The zero-order valence-corrected chi connectivity index (χ0v) is 17.9. The van der Waals surface area contributed by atoms with E-state index in [1.165, 1.54) is 0 Å². The Balaban J connectivity index is 1.27. The third-order valence-electron chi connectivity index (χ3n) is 5.38. The molecule has 1 fully saturated rings. The first-order valence-electron chi connectivity index (χ1n) is 10.3. The second-order valence-electron chi connectivity index (χ2n) is 7.56. The highest BCUT2D eigenvalue weighted by molar-refractivity contribution is 6.30. The molecule has 1 saturated heterocycles. The van der Waals surface area contributed by atoms with Gasteiger partial charge in [0.15, 0.2) is 5.78 Å². The van der Waals surface area contributed by atoms with E-state index in [2.05, 4.69) is 21.2 Å². The van der Waals surface area contributed by atoms with Gasteiger partial charge in [0, 0.05) is 53.7 Å². The van der Waals surface area contributed by atoms with Crippen molar-refractivity contribution < 1.29 is 9.59 Å². The molecule has 0 saturated carbocycles. The molecule has 4 rings (SSSR count). The van der Waals surface area contributed by atoms with Crippen LogP contribution in [0.25, 0.3) is 0 Å². The fourth-order valence-electron chi connectivity index (χ4n) is 3.70. The average molecular weight is 434 g/mol. The van der Waals surface area contributed by atoms with Gasteiger partial charge in [0.05, 0.1) is 6.54 Å². The predicted octanol–water partition coefficient (Wildman–Crippen LogP) is 4.33. The van der Waals surface area contributed by atoms with Gasteiger partial charge in [-0.15, -0.1) is 0 Å². The van der Waals surface area contributed by atoms with E-state index in [0.29, 0.717) is 23.4 Å². The highest BCUT2D eigenvalue weighted by atomic mass is 35.5.